The minimum Gasteiger partial charge on any atom is -0.478 e. The van der Waals surface area contributed by atoms with E-state index < -0.39 is 16.3 Å². The highest BCUT2D eigenvalue weighted by Gasteiger charge is 2.27. The number of hydrogen-bond donors (Lipinski definition) is 1. The highest BCUT2D eigenvalue weighted by atomic mass is 32.2. The first-order chi connectivity index (χ1) is 9.98. The molecule has 0 fully saturated rings. The van der Waals surface area contributed by atoms with Crippen LogP contribution in [-0.4, -0.2) is 25.2 Å². The predicted octanol–water partition coefficient (Wildman–Crippen LogP) is 1.86. The van der Waals surface area contributed by atoms with Crippen LogP contribution in [0.4, 0.5) is 0 Å². The molecule has 1 aliphatic heterocycles. The summed E-state index contributed by atoms with van der Waals surface area (Å²) < 4.78 is 31.8. The van der Waals surface area contributed by atoms with Gasteiger partial charge in [0, 0.05) is 11.1 Å². The molecule has 6 nitrogen and oxygen atoms in total. The molecule has 7 heteroatoms. The number of fused-ring (bicyclic) bond motifs is 1. The van der Waals surface area contributed by atoms with Crippen LogP contribution in [0.25, 0.3) is 0 Å². The maximum Gasteiger partial charge on any atom is 0.429 e. The third kappa shape index (κ3) is 2.38. The summed E-state index contributed by atoms with van der Waals surface area (Å²) in [4.78, 5) is 11.3. The molecule has 106 valence electrons. The zero-order chi connectivity index (χ0) is 15.0. The zero-order valence-corrected chi connectivity index (χ0v) is 11.4. The number of carbonyl (C=O) groups is 1. The van der Waals surface area contributed by atoms with E-state index in [1.165, 1.54) is 18.2 Å². The van der Waals surface area contributed by atoms with Gasteiger partial charge in [0.2, 0.25) is 0 Å². The average Bonchev–Trinajstić information content (AvgIpc) is 2.45. The van der Waals surface area contributed by atoms with Gasteiger partial charge < -0.3 is 9.29 Å². The fraction of sp³-hybridized carbons (Fsp3) is 0. The fourth-order valence-corrected chi connectivity index (χ4v) is 2.93. The van der Waals surface area contributed by atoms with Gasteiger partial charge in [-0.25, -0.2) is 4.79 Å². The Hall–Kier alpha value is -2.67. The Balaban J connectivity index is 2.31. The molecule has 21 heavy (non-hydrogen) atoms. The lowest BCUT2D eigenvalue weighted by Gasteiger charge is -2.17. The highest BCUT2D eigenvalue weighted by Crippen LogP contribution is 2.29. The standard InChI is InChI=1S/C14H9NO5S/c16-14(17)10-6-2-1-5-9(10)13-11-7-3-4-8-12(11)20-21(18,19)15-13/h1-8H,(H,16,17). The molecule has 0 bridgehead atoms. The van der Waals surface area contributed by atoms with Crippen LogP contribution in [0, 0.1) is 0 Å². The van der Waals surface area contributed by atoms with Gasteiger partial charge in [-0.05, 0) is 18.2 Å². The van der Waals surface area contributed by atoms with Gasteiger partial charge in [0.15, 0.2) is 5.75 Å². The van der Waals surface area contributed by atoms with Gasteiger partial charge in [-0.2, -0.15) is 8.42 Å². The van der Waals surface area contributed by atoms with E-state index in [0.717, 1.165) is 0 Å². The minimum absolute atomic E-state index is 0.0249. The molecule has 1 aliphatic rings. The summed E-state index contributed by atoms with van der Waals surface area (Å²) in [6, 6.07) is 12.5. The van der Waals surface area contributed by atoms with Crippen molar-refractivity contribution >= 4 is 22.0 Å². The summed E-state index contributed by atoms with van der Waals surface area (Å²) in [5.74, 6) is -1.03. The van der Waals surface area contributed by atoms with E-state index in [0.29, 0.717) is 5.56 Å². The molecule has 0 spiro atoms. The summed E-state index contributed by atoms with van der Waals surface area (Å²) in [6.07, 6.45) is 0. The molecule has 2 aromatic rings. The Labute approximate surface area is 120 Å². The number of rotatable bonds is 2. The minimum atomic E-state index is -4.14. The lowest BCUT2D eigenvalue weighted by atomic mass is 9.97. The summed E-state index contributed by atoms with van der Waals surface area (Å²) in [7, 11) is -4.14. The van der Waals surface area contributed by atoms with E-state index in [1.54, 1.807) is 30.3 Å². The topological polar surface area (TPSA) is 93.0 Å². The number of para-hydroxylation sites is 1. The smallest absolute Gasteiger partial charge is 0.429 e. The monoisotopic (exact) mass is 303 g/mol. The molecule has 1 N–H and O–H groups in total. The van der Waals surface area contributed by atoms with E-state index in [4.69, 9.17) is 4.18 Å². The summed E-state index contributed by atoms with van der Waals surface area (Å²) in [6.45, 7) is 0. The number of aromatic carboxylic acids is 1. The van der Waals surface area contributed by atoms with Gasteiger partial charge in [-0.1, -0.05) is 30.3 Å². The average molecular weight is 303 g/mol. The highest BCUT2D eigenvalue weighted by molar-refractivity contribution is 7.86. The lowest BCUT2D eigenvalue weighted by Crippen LogP contribution is -2.21. The normalized spacial score (nSPS) is 15.5. The van der Waals surface area contributed by atoms with Crippen molar-refractivity contribution in [2.75, 3.05) is 0 Å². The Kier molecular flexibility index (Phi) is 2.99. The second-order valence-electron chi connectivity index (χ2n) is 4.30. The van der Waals surface area contributed by atoms with Crippen LogP contribution < -0.4 is 4.18 Å². The molecule has 0 saturated carbocycles. The second-order valence-corrected chi connectivity index (χ2v) is 5.50. The van der Waals surface area contributed by atoms with Crippen molar-refractivity contribution < 1.29 is 22.5 Å². The summed E-state index contributed by atoms with van der Waals surface area (Å²) in [5.41, 5.74) is 0.698. The molecule has 3 rings (SSSR count). The van der Waals surface area contributed by atoms with Crippen LogP contribution >= 0.6 is 0 Å². The van der Waals surface area contributed by atoms with Crippen molar-refractivity contribution in [1.29, 1.82) is 0 Å². The van der Waals surface area contributed by atoms with Gasteiger partial charge in [-0.15, -0.1) is 4.40 Å². The zero-order valence-electron chi connectivity index (χ0n) is 10.6. The second kappa shape index (κ2) is 4.71. The first kappa shape index (κ1) is 13.3. The van der Waals surface area contributed by atoms with Crippen molar-refractivity contribution in [3.63, 3.8) is 0 Å². The Morgan fingerprint density at radius 3 is 2.33 bits per heavy atom. The fourth-order valence-electron chi connectivity index (χ4n) is 2.10. The van der Waals surface area contributed by atoms with Crippen LogP contribution in [0.1, 0.15) is 21.5 Å². The van der Waals surface area contributed by atoms with E-state index in [9.17, 15) is 18.3 Å². The number of carboxylic acid groups (broad SMARTS) is 1. The van der Waals surface area contributed by atoms with E-state index in [2.05, 4.69) is 4.40 Å². The van der Waals surface area contributed by atoms with Gasteiger partial charge >= 0.3 is 16.3 Å². The van der Waals surface area contributed by atoms with Crippen LogP contribution in [0.15, 0.2) is 52.9 Å². The first-order valence-electron chi connectivity index (χ1n) is 5.94. The van der Waals surface area contributed by atoms with Crippen LogP contribution in [0.3, 0.4) is 0 Å². The summed E-state index contributed by atoms with van der Waals surface area (Å²) in [5, 5.41) is 9.24. The molecular weight excluding hydrogens is 294 g/mol. The maximum atomic E-state index is 11.7. The SMILES string of the molecule is O=C(O)c1ccccc1C1=NS(=O)(=O)Oc2ccccc21. The molecule has 0 unspecified atom stereocenters. The van der Waals surface area contributed by atoms with E-state index >= 15 is 0 Å². The molecular formula is C14H9NO5S. The number of carboxylic acids is 1. The Morgan fingerprint density at radius 1 is 1.00 bits per heavy atom. The van der Waals surface area contributed by atoms with Crippen molar-refractivity contribution in [1.82, 2.24) is 0 Å². The van der Waals surface area contributed by atoms with E-state index in [1.807, 2.05) is 0 Å². The number of nitrogens with zero attached hydrogens (tertiary/aromatic N) is 1. The Bertz CT molecular complexity index is 870. The summed E-state index contributed by atoms with van der Waals surface area (Å²) >= 11 is 0. The van der Waals surface area contributed by atoms with Crippen LogP contribution in [0.5, 0.6) is 5.75 Å². The van der Waals surface area contributed by atoms with Crippen molar-refractivity contribution in [2.45, 2.75) is 0 Å². The molecule has 0 aliphatic carbocycles. The van der Waals surface area contributed by atoms with Gasteiger partial charge in [0.05, 0.1) is 11.3 Å². The number of benzene rings is 2. The van der Waals surface area contributed by atoms with Gasteiger partial charge in [0.1, 0.15) is 0 Å². The third-order valence-corrected chi connectivity index (χ3v) is 3.75. The van der Waals surface area contributed by atoms with E-state index in [-0.39, 0.29) is 22.6 Å². The molecule has 2 aromatic carbocycles. The van der Waals surface area contributed by atoms with Gasteiger partial charge in [0.25, 0.3) is 0 Å². The largest absolute Gasteiger partial charge is 0.478 e. The van der Waals surface area contributed by atoms with Crippen molar-refractivity contribution in [3.05, 3.63) is 65.2 Å². The molecule has 0 aromatic heterocycles. The molecule has 0 amide bonds. The third-order valence-electron chi connectivity index (χ3n) is 2.95. The van der Waals surface area contributed by atoms with Crippen LogP contribution in [0.2, 0.25) is 0 Å². The number of hydrogen-bond acceptors (Lipinski definition) is 4. The molecule has 0 atom stereocenters. The van der Waals surface area contributed by atoms with Crippen molar-refractivity contribution in [2.24, 2.45) is 4.40 Å². The Morgan fingerprint density at radius 2 is 1.62 bits per heavy atom. The lowest BCUT2D eigenvalue weighted by molar-refractivity contribution is 0.0696. The predicted molar refractivity (Wildman–Crippen MR) is 75.0 cm³/mol. The quantitative estimate of drug-likeness (QED) is 0.914. The first-order valence-corrected chi connectivity index (χ1v) is 7.31. The molecule has 1 heterocycles. The molecule has 0 radical (unpaired) electrons. The molecule has 0 saturated heterocycles. The van der Waals surface area contributed by atoms with Gasteiger partial charge in [-0.3, -0.25) is 0 Å². The van der Waals surface area contributed by atoms with Crippen molar-refractivity contribution in [3.8, 4) is 5.75 Å². The van der Waals surface area contributed by atoms with Crippen LogP contribution in [-0.2, 0) is 10.3 Å². The maximum absolute atomic E-state index is 11.7.